The lowest BCUT2D eigenvalue weighted by molar-refractivity contribution is -0.121. The number of aryl methyl sites for hydroxylation is 1. The molecule has 0 aliphatic carbocycles. The minimum Gasteiger partial charge on any atom is -0.497 e. The van der Waals surface area contributed by atoms with Gasteiger partial charge in [-0.3, -0.25) is 9.59 Å². The second-order valence-corrected chi connectivity index (χ2v) is 6.36. The minimum absolute atomic E-state index is 0.383. The molecule has 2 heterocycles. The van der Waals surface area contributed by atoms with E-state index in [9.17, 15) is 9.59 Å². The van der Waals surface area contributed by atoms with E-state index in [1.807, 2.05) is 31.2 Å². The number of nitrogens with zero attached hydrogens (tertiary/aromatic N) is 4. The van der Waals surface area contributed by atoms with E-state index >= 15 is 0 Å². The van der Waals surface area contributed by atoms with Crippen molar-refractivity contribution in [2.24, 2.45) is 10.3 Å². The molecule has 0 unspecified atom stereocenters. The standard InChI is InChI=1S/C19H18N4O4/c1-11-4-6-12(7-5-11)23-17-16(20-21-23)18(24)22(19(17)25)13-8-14(26-2)10-15(9-13)27-3/h4-10,16-17H,1-3H3/t16-,17-/m1/s1. The molecular weight excluding hydrogens is 348 g/mol. The van der Waals surface area contributed by atoms with Gasteiger partial charge < -0.3 is 9.47 Å². The molecule has 2 aromatic rings. The Morgan fingerprint density at radius 1 is 0.889 bits per heavy atom. The third-order valence-electron chi connectivity index (χ3n) is 4.67. The molecule has 2 atom stereocenters. The highest BCUT2D eigenvalue weighted by Crippen LogP contribution is 2.37. The monoisotopic (exact) mass is 366 g/mol. The second-order valence-electron chi connectivity index (χ2n) is 6.36. The molecule has 2 amide bonds. The maximum absolute atomic E-state index is 13.1. The van der Waals surface area contributed by atoms with Gasteiger partial charge in [-0.1, -0.05) is 22.9 Å². The molecule has 2 aromatic carbocycles. The summed E-state index contributed by atoms with van der Waals surface area (Å²) >= 11 is 0. The van der Waals surface area contributed by atoms with Gasteiger partial charge in [0, 0.05) is 18.2 Å². The molecule has 4 rings (SSSR count). The van der Waals surface area contributed by atoms with Crippen molar-refractivity contribution in [3.8, 4) is 11.5 Å². The number of ether oxygens (including phenoxy) is 2. The Bertz CT molecular complexity index is 919. The first-order chi connectivity index (χ1) is 13.0. The Hall–Kier alpha value is -3.42. The maximum atomic E-state index is 13.1. The van der Waals surface area contributed by atoms with Gasteiger partial charge in [-0.25, -0.2) is 9.91 Å². The molecular formula is C19H18N4O4. The summed E-state index contributed by atoms with van der Waals surface area (Å²) in [5.41, 5.74) is 2.18. The quantitative estimate of drug-likeness (QED) is 0.777. The molecule has 2 aliphatic heterocycles. The fourth-order valence-corrected chi connectivity index (χ4v) is 3.25. The Kier molecular flexibility index (Phi) is 4.02. The van der Waals surface area contributed by atoms with Gasteiger partial charge in [0.1, 0.15) is 11.5 Å². The number of methoxy groups -OCH3 is 2. The number of hydrogen-bond acceptors (Lipinski definition) is 7. The highest BCUT2D eigenvalue weighted by atomic mass is 16.5. The molecule has 0 spiro atoms. The molecule has 8 heteroatoms. The van der Waals surface area contributed by atoms with Crippen LogP contribution in [0.1, 0.15) is 5.56 Å². The predicted octanol–water partition coefficient (Wildman–Crippen LogP) is 2.51. The van der Waals surface area contributed by atoms with Gasteiger partial charge in [0.15, 0.2) is 12.1 Å². The summed E-state index contributed by atoms with van der Waals surface area (Å²) < 4.78 is 10.5. The first kappa shape index (κ1) is 17.0. The topological polar surface area (TPSA) is 83.8 Å². The number of rotatable bonds is 4. The zero-order chi connectivity index (χ0) is 19.1. The maximum Gasteiger partial charge on any atom is 0.263 e. The number of benzene rings is 2. The van der Waals surface area contributed by atoms with Crippen LogP contribution in [0.4, 0.5) is 11.4 Å². The molecule has 8 nitrogen and oxygen atoms in total. The number of fused-ring (bicyclic) bond motifs is 1. The molecule has 1 fully saturated rings. The van der Waals surface area contributed by atoms with Crippen LogP contribution >= 0.6 is 0 Å². The summed E-state index contributed by atoms with van der Waals surface area (Å²) in [4.78, 5) is 27.1. The van der Waals surface area contributed by atoms with Crippen LogP contribution in [0.3, 0.4) is 0 Å². The first-order valence-corrected chi connectivity index (χ1v) is 8.41. The predicted molar refractivity (Wildman–Crippen MR) is 98.1 cm³/mol. The summed E-state index contributed by atoms with van der Waals surface area (Å²) in [7, 11) is 3.02. The Labute approximate surface area is 156 Å². The van der Waals surface area contributed by atoms with Gasteiger partial charge >= 0.3 is 0 Å². The van der Waals surface area contributed by atoms with E-state index in [1.54, 1.807) is 18.2 Å². The van der Waals surface area contributed by atoms with Gasteiger partial charge in [0.25, 0.3) is 11.8 Å². The Balaban J connectivity index is 1.71. The first-order valence-electron chi connectivity index (χ1n) is 8.41. The van der Waals surface area contributed by atoms with E-state index in [-0.39, 0.29) is 5.91 Å². The van der Waals surface area contributed by atoms with Crippen molar-refractivity contribution in [2.75, 3.05) is 24.1 Å². The third kappa shape index (κ3) is 2.69. The zero-order valence-corrected chi connectivity index (χ0v) is 15.1. The number of carbonyl (C=O) groups excluding carboxylic acids is 2. The van der Waals surface area contributed by atoms with Crippen LogP contribution in [0.5, 0.6) is 11.5 Å². The van der Waals surface area contributed by atoms with Gasteiger partial charge in [0.05, 0.1) is 25.6 Å². The van der Waals surface area contributed by atoms with Crippen molar-refractivity contribution >= 4 is 23.2 Å². The normalized spacial score (nSPS) is 21.0. The number of anilines is 2. The van der Waals surface area contributed by atoms with Crippen LogP contribution in [0.2, 0.25) is 0 Å². The summed E-state index contributed by atoms with van der Waals surface area (Å²) in [6, 6.07) is 10.8. The largest absolute Gasteiger partial charge is 0.497 e. The van der Waals surface area contributed by atoms with Crippen molar-refractivity contribution in [2.45, 2.75) is 19.0 Å². The van der Waals surface area contributed by atoms with Crippen LogP contribution in [-0.2, 0) is 9.59 Å². The van der Waals surface area contributed by atoms with Gasteiger partial charge in [-0.2, -0.15) is 5.11 Å². The van der Waals surface area contributed by atoms with E-state index in [0.717, 1.165) is 10.5 Å². The summed E-state index contributed by atoms with van der Waals surface area (Å²) in [5.74, 6) is 0.169. The molecule has 1 saturated heterocycles. The van der Waals surface area contributed by atoms with E-state index in [1.165, 1.54) is 19.2 Å². The fraction of sp³-hybridized carbons (Fsp3) is 0.263. The molecule has 138 valence electrons. The lowest BCUT2D eigenvalue weighted by Crippen LogP contribution is -2.39. The molecule has 0 N–H and O–H groups in total. The number of hydrogen-bond donors (Lipinski definition) is 0. The average Bonchev–Trinajstić information content (AvgIpc) is 3.22. The number of imide groups is 1. The Morgan fingerprint density at radius 3 is 2.11 bits per heavy atom. The smallest absolute Gasteiger partial charge is 0.263 e. The SMILES string of the molecule is COc1cc(OC)cc(N2C(=O)[C@@H]3N=NN(c4ccc(C)cc4)[C@H]3C2=O)c1. The van der Waals surface area contributed by atoms with E-state index in [0.29, 0.717) is 22.9 Å². The minimum atomic E-state index is -0.865. The molecule has 0 bridgehead atoms. The molecule has 0 aromatic heterocycles. The highest BCUT2D eigenvalue weighted by Gasteiger charge is 2.55. The number of amides is 2. The molecule has 0 radical (unpaired) electrons. The van der Waals surface area contributed by atoms with E-state index in [4.69, 9.17) is 9.47 Å². The van der Waals surface area contributed by atoms with Gasteiger partial charge in [0.2, 0.25) is 0 Å². The van der Waals surface area contributed by atoms with E-state index < -0.39 is 18.0 Å². The van der Waals surface area contributed by atoms with Gasteiger partial charge in [-0.05, 0) is 19.1 Å². The van der Waals surface area contributed by atoms with Crippen LogP contribution in [0.15, 0.2) is 52.8 Å². The van der Waals surface area contributed by atoms with Crippen molar-refractivity contribution in [3.63, 3.8) is 0 Å². The van der Waals surface area contributed by atoms with Crippen LogP contribution in [0, 0.1) is 6.92 Å². The fourth-order valence-electron chi connectivity index (χ4n) is 3.25. The van der Waals surface area contributed by atoms with Crippen molar-refractivity contribution in [1.29, 1.82) is 0 Å². The van der Waals surface area contributed by atoms with Crippen LogP contribution in [-0.4, -0.2) is 38.1 Å². The molecule has 0 saturated carbocycles. The number of carbonyl (C=O) groups is 2. The summed E-state index contributed by atoms with van der Waals surface area (Å²) in [5, 5.41) is 9.61. The summed E-state index contributed by atoms with van der Waals surface area (Å²) in [6.45, 7) is 1.97. The molecule has 2 aliphatic rings. The summed E-state index contributed by atoms with van der Waals surface area (Å²) in [6.07, 6.45) is 0. The van der Waals surface area contributed by atoms with Crippen molar-refractivity contribution in [1.82, 2.24) is 0 Å². The zero-order valence-electron chi connectivity index (χ0n) is 15.1. The second kappa shape index (κ2) is 6.39. The lowest BCUT2D eigenvalue weighted by atomic mass is 10.1. The molecule has 27 heavy (non-hydrogen) atoms. The third-order valence-corrected chi connectivity index (χ3v) is 4.67. The van der Waals surface area contributed by atoms with Crippen LogP contribution < -0.4 is 19.4 Å². The van der Waals surface area contributed by atoms with Crippen LogP contribution in [0.25, 0.3) is 0 Å². The lowest BCUT2D eigenvalue weighted by Gasteiger charge is -2.21. The highest BCUT2D eigenvalue weighted by molar-refractivity contribution is 6.26. The van der Waals surface area contributed by atoms with Crippen molar-refractivity contribution in [3.05, 3.63) is 48.0 Å². The van der Waals surface area contributed by atoms with Crippen molar-refractivity contribution < 1.29 is 19.1 Å². The van der Waals surface area contributed by atoms with E-state index in [2.05, 4.69) is 10.3 Å². The Morgan fingerprint density at radius 2 is 1.52 bits per heavy atom. The van der Waals surface area contributed by atoms with Gasteiger partial charge in [-0.15, -0.1) is 0 Å². The average molecular weight is 366 g/mol.